The zero-order chi connectivity index (χ0) is 24.1. The van der Waals surface area contributed by atoms with E-state index in [2.05, 4.69) is 29.6 Å². The number of nitrogens with zero attached hydrogens (tertiary/aromatic N) is 1. The molecule has 1 heterocycles. The molecule has 1 fully saturated rings. The third-order valence-corrected chi connectivity index (χ3v) is 6.93. The van der Waals surface area contributed by atoms with E-state index < -0.39 is 12.1 Å². The minimum atomic E-state index is -0.880. The lowest BCUT2D eigenvalue weighted by Crippen LogP contribution is -2.47. The summed E-state index contributed by atoms with van der Waals surface area (Å²) in [6.45, 7) is 3.00. The summed E-state index contributed by atoms with van der Waals surface area (Å²) in [6.07, 6.45) is 2.52. The van der Waals surface area contributed by atoms with Crippen LogP contribution in [0.1, 0.15) is 56.1 Å². The Kier molecular flexibility index (Phi) is 7.50. The zero-order valence-corrected chi connectivity index (χ0v) is 19.5. The Morgan fingerprint density at radius 2 is 1.71 bits per heavy atom. The third kappa shape index (κ3) is 5.24. The molecule has 1 aliphatic heterocycles. The van der Waals surface area contributed by atoms with Crippen LogP contribution in [-0.2, 0) is 14.3 Å². The number of alkyl carbamates (subject to hydrolysis) is 1. The molecule has 0 saturated carbocycles. The zero-order valence-electron chi connectivity index (χ0n) is 19.5. The van der Waals surface area contributed by atoms with Crippen LogP contribution in [0.5, 0.6) is 0 Å². The number of likely N-dealkylation sites (tertiary alicyclic amines) is 1. The minimum absolute atomic E-state index is 0.00363. The fraction of sp³-hybridized carbons (Fsp3) is 0.444. The number of nitrogens with one attached hydrogen (secondary N) is 1. The first-order valence-electron chi connectivity index (χ1n) is 12.1. The van der Waals surface area contributed by atoms with E-state index >= 15 is 0 Å². The van der Waals surface area contributed by atoms with Crippen LogP contribution in [0, 0.1) is 5.92 Å². The molecule has 2 N–H and O–H groups in total. The fourth-order valence-corrected chi connectivity index (χ4v) is 5.15. The number of aliphatic carboxylic acids is 1. The van der Waals surface area contributed by atoms with Gasteiger partial charge < -0.3 is 20.1 Å². The Morgan fingerprint density at radius 3 is 2.35 bits per heavy atom. The molecule has 0 aromatic heterocycles. The molecule has 2 atom stereocenters. The molecule has 34 heavy (non-hydrogen) atoms. The molecule has 7 heteroatoms. The van der Waals surface area contributed by atoms with E-state index in [0.717, 1.165) is 30.4 Å². The van der Waals surface area contributed by atoms with E-state index in [-0.39, 0.29) is 36.8 Å². The van der Waals surface area contributed by atoms with Crippen molar-refractivity contribution in [1.29, 1.82) is 0 Å². The van der Waals surface area contributed by atoms with Gasteiger partial charge in [0.05, 0.1) is 6.42 Å². The van der Waals surface area contributed by atoms with Gasteiger partial charge in [-0.2, -0.15) is 0 Å². The Balaban J connectivity index is 1.26. The van der Waals surface area contributed by atoms with Crippen molar-refractivity contribution >= 4 is 18.0 Å². The van der Waals surface area contributed by atoms with Crippen LogP contribution in [0.15, 0.2) is 48.5 Å². The highest BCUT2D eigenvalue weighted by atomic mass is 16.5. The lowest BCUT2D eigenvalue weighted by Gasteiger charge is -2.36. The smallest absolute Gasteiger partial charge is 0.407 e. The predicted molar refractivity (Wildman–Crippen MR) is 128 cm³/mol. The summed E-state index contributed by atoms with van der Waals surface area (Å²) in [5.74, 6) is -1.22. The van der Waals surface area contributed by atoms with Gasteiger partial charge in [0.15, 0.2) is 0 Å². The second-order valence-electron chi connectivity index (χ2n) is 9.22. The van der Waals surface area contributed by atoms with Crippen molar-refractivity contribution in [3.05, 3.63) is 59.7 Å². The van der Waals surface area contributed by atoms with Crippen molar-refractivity contribution in [1.82, 2.24) is 10.2 Å². The number of hydrogen-bond acceptors (Lipinski definition) is 4. The van der Waals surface area contributed by atoms with Gasteiger partial charge in [-0.1, -0.05) is 55.5 Å². The van der Waals surface area contributed by atoms with Gasteiger partial charge in [-0.05, 0) is 47.9 Å². The minimum Gasteiger partial charge on any atom is -0.481 e. The lowest BCUT2D eigenvalue weighted by molar-refractivity contribution is -0.143. The van der Waals surface area contributed by atoms with Crippen LogP contribution in [-0.4, -0.2) is 53.7 Å². The van der Waals surface area contributed by atoms with Gasteiger partial charge in [-0.25, -0.2) is 4.79 Å². The predicted octanol–water partition coefficient (Wildman–Crippen LogP) is 4.41. The summed E-state index contributed by atoms with van der Waals surface area (Å²) in [5.41, 5.74) is 4.68. The lowest BCUT2D eigenvalue weighted by atomic mass is 9.96. The quantitative estimate of drug-likeness (QED) is 0.603. The van der Waals surface area contributed by atoms with E-state index in [4.69, 9.17) is 9.84 Å². The molecule has 2 aromatic carbocycles. The van der Waals surface area contributed by atoms with Gasteiger partial charge in [0.2, 0.25) is 5.91 Å². The summed E-state index contributed by atoms with van der Waals surface area (Å²) in [6, 6.07) is 16.1. The second-order valence-corrected chi connectivity index (χ2v) is 9.22. The largest absolute Gasteiger partial charge is 0.481 e. The molecule has 0 spiro atoms. The first kappa shape index (κ1) is 23.8. The Hall–Kier alpha value is -3.35. The van der Waals surface area contributed by atoms with Crippen LogP contribution in [0.25, 0.3) is 11.1 Å². The van der Waals surface area contributed by atoms with Crippen LogP contribution < -0.4 is 5.32 Å². The van der Waals surface area contributed by atoms with Gasteiger partial charge in [-0.15, -0.1) is 0 Å². The Bertz CT molecular complexity index is 1010. The number of hydrogen-bond donors (Lipinski definition) is 2. The molecule has 2 aromatic rings. The molecule has 1 aliphatic carbocycles. The summed E-state index contributed by atoms with van der Waals surface area (Å²) in [4.78, 5) is 38.1. The molecule has 180 valence electrons. The van der Waals surface area contributed by atoms with Crippen molar-refractivity contribution in [3.8, 4) is 11.1 Å². The van der Waals surface area contributed by atoms with Crippen LogP contribution in [0.2, 0.25) is 0 Å². The molecule has 1 saturated heterocycles. The maximum Gasteiger partial charge on any atom is 0.407 e. The van der Waals surface area contributed by atoms with Gasteiger partial charge in [0.1, 0.15) is 6.61 Å². The first-order valence-corrected chi connectivity index (χ1v) is 12.1. The maximum atomic E-state index is 12.9. The standard InChI is InChI=1S/C27H32N2O5/c1-18(26(32)29-15-7-6-8-19(29)16-25(30)31)13-14-28-27(33)34-17-24-22-11-4-2-9-20(22)21-10-3-5-12-23(21)24/h2-5,9-12,18-19,24H,6-8,13-17H2,1H3,(H,28,33)(H,30,31)/t18?,19-/m0/s1. The highest BCUT2D eigenvalue weighted by Gasteiger charge is 2.31. The van der Waals surface area contributed by atoms with Crippen LogP contribution >= 0.6 is 0 Å². The average molecular weight is 465 g/mol. The number of piperidine rings is 1. The van der Waals surface area contributed by atoms with Crippen molar-refractivity contribution in [2.75, 3.05) is 19.7 Å². The molecule has 1 unspecified atom stereocenters. The molecule has 7 nitrogen and oxygen atoms in total. The first-order chi connectivity index (χ1) is 16.5. The molecule has 0 bridgehead atoms. The van der Waals surface area contributed by atoms with Crippen molar-refractivity contribution in [3.63, 3.8) is 0 Å². The molecule has 4 rings (SSSR count). The maximum absolute atomic E-state index is 12.9. The Labute approximate surface area is 200 Å². The average Bonchev–Trinajstić information content (AvgIpc) is 3.16. The van der Waals surface area contributed by atoms with Gasteiger partial charge in [-0.3, -0.25) is 9.59 Å². The van der Waals surface area contributed by atoms with Crippen molar-refractivity contribution in [2.24, 2.45) is 5.92 Å². The van der Waals surface area contributed by atoms with Crippen molar-refractivity contribution in [2.45, 2.75) is 51.0 Å². The SMILES string of the molecule is CC(CCNC(=O)OCC1c2ccccc2-c2ccccc21)C(=O)N1CCCC[C@H]1CC(=O)O. The van der Waals surface area contributed by atoms with Gasteiger partial charge in [0, 0.05) is 31.0 Å². The number of carboxylic acids is 1. The highest BCUT2D eigenvalue weighted by molar-refractivity contribution is 5.80. The molecular weight excluding hydrogens is 432 g/mol. The number of fused-ring (bicyclic) bond motifs is 3. The van der Waals surface area contributed by atoms with E-state index in [0.29, 0.717) is 19.5 Å². The van der Waals surface area contributed by atoms with Gasteiger partial charge in [0.25, 0.3) is 0 Å². The Morgan fingerprint density at radius 1 is 1.06 bits per heavy atom. The van der Waals surface area contributed by atoms with Crippen LogP contribution in [0.4, 0.5) is 4.79 Å². The molecule has 0 radical (unpaired) electrons. The van der Waals surface area contributed by atoms with E-state index in [1.165, 1.54) is 11.1 Å². The summed E-state index contributed by atoms with van der Waals surface area (Å²) in [7, 11) is 0. The number of ether oxygens (including phenoxy) is 1. The number of carbonyl (C=O) groups is 3. The third-order valence-electron chi connectivity index (χ3n) is 6.93. The topological polar surface area (TPSA) is 95.9 Å². The number of amides is 2. The number of benzene rings is 2. The fourth-order valence-electron chi connectivity index (χ4n) is 5.15. The number of rotatable bonds is 8. The summed E-state index contributed by atoms with van der Waals surface area (Å²) >= 11 is 0. The normalized spacial score (nSPS) is 18.0. The highest BCUT2D eigenvalue weighted by Crippen LogP contribution is 2.44. The van der Waals surface area contributed by atoms with E-state index in [1.54, 1.807) is 4.90 Å². The molecule has 2 amide bonds. The molecular formula is C27H32N2O5. The van der Waals surface area contributed by atoms with E-state index in [9.17, 15) is 14.4 Å². The molecule has 2 aliphatic rings. The van der Waals surface area contributed by atoms with E-state index in [1.807, 2.05) is 31.2 Å². The number of carbonyl (C=O) groups excluding carboxylic acids is 2. The summed E-state index contributed by atoms with van der Waals surface area (Å²) in [5, 5.41) is 11.9. The second kappa shape index (κ2) is 10.7. The number of carboxylic acid groups (broad SMARTS) is 1. The summed E-state index contributed by atoms with van der Waals surface area (Å²) < 4.78 is 5.55. The van der Waals surface area contributed by atoms with Crippen LogP contribution in [0.3, 0.4) is 0 Å². The van der Waals surface area contributed by atoms with Crippen molar-refractivity contribution < 1.29 is 24.2 Å². The monoisotopic (exact) mass is 464 g/mol. The van der Waals surface area contributed by atoms with Gasteiger partial charge >= 0.3 is 12.1 Å².